The molecule has 4 heteroatoms. The van der Waals surface area contributed by atoms with Crippen molar-refractivity contribution in [1.82, 2.24) is 0 Å². The molecule has 27 heavy (non-hydrogen) atoms. The Morgan fingerprint density at radius 3 is 2.33 bits per heavy atom. The summed E-state index contributed by atoms with van der Waals surface area (Å²) in [5.74, 6) is 2.75. The van der Waals surface area contributed by atoms with Crippen LogP contribution in [-0.2, 0) is 11.2 Å². The van der Waals surface area contributed by atoms with Crippen molar-refractivity contribution in [2.45, 2.75) is 70.8 Å². The number of nitrogens with zero attached hydrogens (tertiary/aromatic N) is 1. The molecular weight excluding hydrogens is 358 g/mol. The molecule has 0 unspecified atom stereocenters. The van der Waals surface area contributed by atoms with E-state index in [-0.39, 0.29) is 16.7 Å². The standard InChI is InChI=1S/C23H28ClNO2/c1-22(2)12-16-6-18(24)20(26)7-17(16)19(25-22)8-21(27)23-9-13-3-14(10-23)5-15(4-13)11-23/h6-7,13-15,26H,3-5,8-12H2,1-2H3. The largest absolute Gasteiger partial charge is 0.506 e. The summed E-state index contributed by atoms with van der Waals surface area (Å²) in [7, 11) is 0. The van der Waals surface area contributed by atoms with Crippen LogP contribution in [0.5, 0.6) is 5.75 Å². The first-order valence-electron chi connectivity index (χ1n) is 10.4. The Morgan fingerprint density at radius 2 is 1.74 bits per heavy atom. The summed E-state index contributed by atoms with van der Waals surface area (Å²) < 4.78 is 0. The third-order valence-corrected chi connectivity index (χ3v) is 7.80. The lowest BCUT2D eigenvalue weighted by Gasteiger charge is -2.56. The van der Waals surface area contributed by atoms with Gasteiger partial charge in [-0.3, -0.25) is 9.79 Å². The number of aliphatic imine (C=N–C) groups is 1. The Balaban J connectivity index is 1.47. The first-order chi connectivity index (χ1) is 12.7. The van der Waals surface area contributed by atoms with Crippen molar-refractivity contribution in [2.75, 3.05) is 0 Å². The van der Waals surface area contributed by atoms with E-state index in [1.807, 2.05) is 6.07 Å². The third-order valence-electron chi connectivity index (χ3n) is 7.50. The van der Waals surface area contributed by atoms with E-state index in [0.29, 0.717) is 17.2 Å². The van der Waals surface area contributed by atoms with Crippen LogP contribution >= 0.6 is 11.6 Å². The lowest BCUT2D eigenvalue weighted by atomic mass is 9.48. The Hall–Kier alpha value is -1.35. The van der Waals surface area contributed by atoms with Crippen molar-refractivity contribution in [1.29, 1.82) is 0 Å². The van der Waals surface area contributed by atoms with Crippen LogP contribution in [0.15, 0.2) is 17.1 Å². The molecule has 1 aromatic carbocycles. The van der Waals surface area contributed by atoms with Gasteiger partial charge in [0.25, 0.3) is 0 Å². The fourth-order valence-corrected chi connectivity index (χ4v) is 7.06. The van der Waals surface area contributed by atoms with Crippen LogP contribution in [0.3, 0.4) is 0 Å². The average molecular weight is 386 g/mol. The minimum Gasteiger partial charge on any atom is -0.506 e. The number of carbonyl (C=O) groups excluding carboxylic acids is 1. The molecule has 0 spiro atoms. The van der Waals surface area contributed by atoms with Crippen molar-refractivity contribution in [3.05, 3.63) is 28.3 Å². The molecule has 1 N–H and O–H groups in total. The molecular formula is C23H28ClNO2. The van der Waals surface area contributed by atoms with Gasteiger partial charge < -0.3 is 5.11 Å². The molecule has 0 aromatic heterocycles. The SMILES string of the molecule is CC1(C)Cc2cc(Cl)c(O)cc2C(CC(=O)C23CC4CC(CC(C4)C2)C3)=N1. The van der Waals surface area contributed by atoms with Crippen molar-refractivity contribution < 1.29 is 9.90 Å². The van der Waals surface area contributed by atoms with Crippen LogP contribution < -0.4 is 0 Å². The highest BCUT2D eigenvalue weighted by molar-refractivity contribution is 6.32. The first-order valence-corrected chi connectivity index (χ1v) is 10.7. The number of ketones is 1. The maximum absolute atomic E-state index is 13.6. The number of hydrogen-bond donors (Lipinski definition) is 1. The zero-order valence-corrected chi connectivity index (χ0v) is 17.0. The van der Waals surface area contributed by atoms with Gasteiger partial charge in [-0.25, -0.2) is 0 Å². The average Bonchev–Trinajstić information content (AvgIpc) is 2.54. The molecule has 0 saturated heterocycles. The molecule has 4 saturated carbocycles. The van der Waals surface area contributed by atoms with Crippen molar-refractivity contribution in [3.8, 4) is 5.75 Å². The Bertz CT molecular complexity index is 819. The van der Waals surface area contributed by atoms with Crippen LogP contribution in [0.1, 0.15) is 69.9 Å². The number of rotatable bonds is 3. The molecule has 5 aliphatic rings. The molecule has 1 aliphatic heterocycles. The molecule has 4 bridgehead atoms. The predicted molar refractivity (Wildman–Crippen MR) is 108 cm³/mol. The Morgan fingerprint density at radius 1 is 1.15 bits per heavy atom. The van der Waals surface area contributed by atoms with Crippen LogP contribution in [0, 0.1) is 23.2 Å². The maximum atomic E-state index is 13.6. The quantitative estimate of drug-likeness (QED) is 0.762. The van der Waals surface area contributed by atoms with Crippen molar-refractivity contribution in [3.63, 3.8) is 0 Å². The number of hydrogen-bond acceptors (Lipinski definition) is 3. The smallest absolute Gasteiger partial charge is 0.145 e. The van der Waals surface area contributed by atoms with E-state index in [0.717, 1.165) is 60.3 Å². The van der Waals surface area contributed by atoms with Gasteiger partial charge in [0.1, 0.15) is 11.5 Å². The number of Topliss-reactive ketones (excluding diaryl/α,β-unsaturated/α-hetero) is 1. The van der Waals surface area contributed by atoms with Gasteiger partial charge in [0.2, 0.25) is 0 Å². The van der Waals surface area contributed by atoms with Gasteiger partial charge in [-0.05, 0) is 94.2 Å². The van der Waals surface area contributed by atoms with E-state index in [2.05, 4.69) is 13.8 Å². The molecule has 0 amide bonds. The summed E-state index contributed by atoms with van der Waals surface area (Å²) >= 11 is 6.15. The zero-order valence-electron chi connectivity index (χ0n) is 16.2. The molecule has 6 rings (SSSR count). The van der Waals surface area contributed by atoms with E-state index in [4.69, 9.17) is 16.6 Å². The molecule has 4 fully saturated rings. The number of carbonyl (C=O) groups is 1. The van der Waals surface area contributed by atoms with E-state index < -0.39 is 0 Å². The lowest BCUT2D eigenvalue weighted by molar-refractivity contribution is -0.142. The minimum absolute atomic E-state index is 0.0741. The highest BCUT2D eigenvalue weighted by Crippen LogP contribution is 2.60. The zero-order chi connectivity index (χ0) is 19.0. The lowest BCUT2D eigenvalue weighted by Crippen LogP contribution is -2.50. The molecule has 4 aliphatic carbocycles. The van der Waals surface area contributed by atoms with Gasteiger partial charge in [0, 0.05) is 17.4 Å². The number of benzene rings is 1. The van der Waals surface area contributed by atoms with Gasteiger partial charge in [-0.2, -0.15) is 0 Å². The number of phenols is 1. The second-order valence-corrected chi connectivity index (χ2v) is 10.7. The number of halogens is 1. The van der Waals surface area contributed by atoms with Gasteiger partial charge in [-0.15, -0.1) is 0 Å². The molecule has 1 heterocycles. The van der Waals surface area contributed by atoms with Crippen LogP contribution in [0.2, 0.25) is 5.02 Å². The third kappa shape index (κ3) is 2.93. The van der Waals surface area contributed by atoms with E-state index in [1.165, 1.54) is 19.3 Å². The van der Waals surface area contributed by atoms with E-state index in [9.17, 15) is 9.90 Å². The number of phenolic OH excluding ortho intramolecular Hbond substituents is 1. The monoisotopic (exact) mass is 385 g/mol. The maximum Gasteiger partial charge on any atom is 0.145 e. The minimum atomic E-state index is -0.246. The van der Waals surface area contributed by atoms with E-state index >= 15 is 0 Å². The van der Waals surface area contributed by atoms with Gasteiger partial charge in [0.15, 0.2) is 0 Å². The van der Waals surface area contributed by atoms with Crippen molar-refractivity contribution >= 4 is 23.1 Å². The van der Waals surface area contributed by atoms with Crippen LogP contribution in [0.4, 0.5) is 0 Å². The highest BCUT2D eigenvalue weighted by Gasteiger charge is 2.54. The molecule has 0 radical (unpaired) electrons. The van der Waals surface area contributed by atoms with Crippen LogP contribution in [-0.4, -0.2) is 22.1 Å². The van der Waals surface area contributed by atoms with E-state index in [1.54, 1.807) is 6.07 Å². The highest BCUT2D eigenvalue weighted by atomic mass is 35.5. The summed E-state index contributed by atoms with van der Waals surface area (Å²) in [6.45, 7) is 4.21. The molecule has 144 valence electrons. The fourth-order valence-electron chi connectivity index (χ4n) is 6.88. The molecule has 0 atom stereocenters. The summed E-state index contributed by atoms with van der Waals surface area (Å²) in [5, 5.41) is 10.5. The summed E-state index contributed by atoms with van der Waals surface area (Å²) in [6.07, 6.45) is 8.47. The normalized spacial score (nSPS) is 35.7. The predicted octanol–water partition coefficient (Wildman–Crippen LogP) is 5.35. The number of fused-ring (bicyclic) bond motifs is 1. The molecule has 1 aromatic rings. The first kappa shape index (κ1) is 17.7. The second kappa shape index (κ2) is 5.83. The summed E-state index contributed by atoms with van der Waals surface area (Å²) in [6, 6.07) is 3.55. The second-order valence-electron chi connectivity index (χ2n) is 10.3. The van der Waals surface area contributed by atoms with Gasteiger partial charge in [-0.1, -0.05) is 11.6 Å². The van der Waals surface area contributed by atoms with Gasteiger partial charge in [0.05, 0.1) is 16.3 Å². The molecule has 3 nitrogen and oxygen atoms in total. The van der Waals surface area contributed by atoms with Gasteiger partial charge >= 0.3 is 0 Å². The summed E-state index contributed by atoms with van der Waals surface area (Å²) in [5.41, 5.74) is 2.49. The Kier molecular flexibility index (Phi) is 3.82. The van der Waals surface area contributed by atoms with Crippen molar-refractivity contribution in [2.24, 2.45) is 28.2 Å². The Labute approximate surface area is 166 Å². The fraction of sp³-hybridized carbons (Fsp3) is 0.652. The summed E-state index contributed by atoms with van der Waals surface area (Å²) in [4.78, 5) is 18.5. The van der Waals surface area contributed by atoms with Crippen LogP contribution in [0.25, 0.3) is 0 Å². The number of aromatic hydroxyl groups is 1. The topological polar surface area (TPSA) is 49.7 Å².